The molecule has 1 saturated carbocycles. The predicted octanol–water partition coefficient (Wildman–Crippen LogP) is 3.28. The maximum atomic E-state index is 13.8. The lowest BCUT2D eigenvalue weighted by atomic mass is 9.97. The van der Waals surface area contributed by atoms with E-state index in [0.29, 0.717) is 11.4 Å². The lowest BCUT2D eigenvalue weighted by molar-refractivity contribution is -0.147. The minimum absolute atomic E-state index is 0.197. The molecule has 8 nitrogen and oxygen atoms in total. The summed E-state index contributed by atoms with van der Waals surface area (Å²) in [5.74, 6) is 1.11. The number of ether oxygens (including phenoxy) is 1. The predicted molar refractivity (Wildman–Crippen MR) is 146 cm³/mol. The first kappa shape index (κ1) is 27.8. The summed E-state index contributed by atoms with van der Waals surface area (Å²) >= 11 is 7.67. The second kappa shape index (κ2) is 11.3. The fourth-order valence-electron chi connectivity index (χ4n) is 4.93. The molecule has 0 radical (unpaired) electrons. The maximum absolute atomic E-state index is 13.8. The van der Waals surface area contributed by atoms with Crippen molar-refractivity contribution in [2.24, 2.45) is 0 Å². The van der Waals surface area contributed by atoms with Crippen molar-refractivity contribution in [1.29, 1.82) is 0 Å². The highest BCUT2D eigenvalue weighted by Crippen LogP contribution is 2.54. The Balaban J connectivity index is 1.55. The van der Waals surface area contributed by atoms with Crippen LogP contribution < -0.4 is 10.6 Å². The zero-order chi connectivity index (χ0) is 27.5. The van der Waals surface area contributed by atoms with Crippen LogP contribution in [-0.2, 0) is 20.9 Å². The first-order chi connectivity index (χ1) is 18.1. The summed E-state index contributed by atoms with van der Waals surface area (Å²) in [7, 11) is 0. The van der Waals surface area contributed by atoms with E-state index >= 15 is 0 Å². The molecule has 3 N–H and O–H groups in total. The fourth-order valence-corrected chi connectivity index (χ4v) is 6.28. The molecule has 0 spiro atoms. The number of rotatable bonds is 8. The molecule has 38 heavy (non-hydrogen) atoms. The molecule has 2 aromatic carbocycles. The molecule has 0 aromatic heterocycles. The Morgan fingerprint density at radius 2 is 1.89 bits per heavy atom. The van der Waals surface area contributed by atoms with Gasteiger partial charge in [-0.3, -0.25) is 9.59 Å². The molecule has 200 valence electrons. The number of aliphatic hydroxyl groups is 1. The molecule has 4 rings (SSSR count). The number of nitrogens with one attached hydrogen (secondary N) is 2. The number of terminal acetylenes is 1. The number of halogens is 1. The van der Waals surface area contributed by atoms with Crippen molar-refractivity contribution in [2.45, 2.75) is 55.2 Å². The van der Waals surface area contributed by atoms with E-state index in [1.807, 2.05) is 56.3 Å². The molecule has 2 fully saturated rings. The van der Waals surface area contributed by atoms with Crippen LogP contribution in [0.1, 0.15) is 37.3 Å². The van der Waals surface area contributed by atoms with Crippen molar-refractivity contribution in [3.8, 4) is 12.3 Å². The fraction of sp³-hybridized carbons (Fsp3) is 0.393. The number of amides is 3. The molecule has 1 unspecified atom stereocenters. The van der Waals surface area contributed by atoms with Gasteiger partial charge in [-0.15, -0.1) is 18.2 Å². The first-order valence-corrected chi connectivity index (χ1v) is 13.5. The summed E-state index contributed by atoms with van der Waals surface area (Å²) in [6.07, 6.45) is 3.08. The van der Waals surface area contributed by atoms with Gasteiger partial charge in [0.15, 0.2) is 12.7 Å². The number of alkyl carbamates (subject to hydrolysis) is 1. The van der Waals surface area contributed by atoms with E-state index in [4.69, 9.17) is 22.8 Å². The van der Waals surface area contributed by atoms with Crippen LogP contribution >= 0.6 is 23.4 Å². The van der Waals surface area contributed by atoms with Crippen molar-refractivity contribution in [3.63, 3.8) is 0 Å². The molecule has 10 heteroatoms. The summed E-state index contributed by atoms with van der Waals surface area (Å²) < 4.78 is 4.37. The Bertz CT molecular complexity index is 1250. The van der Waals surface area contributed by atoms with Crippen LogP contribution in [0, 0.1) is 12.3 Å². The van der Waals surface area contributed by atoms with Crippen LogP contribution in [0.15, 0.2) is 54.6 Å². The summed E-state index contributed by atoms with van der Waals surface area (Å²) in [5, 5.41) is 17.5. The highest BCUT2D eigenvalue weighted by atomic mass is 35.5. The van der Waals surface area contributed by atoms with Crippen molar-refractivity contribution in [1.82, 2.24) is 15.5 Å². The van der Waals surface area contributed by atoms with Crippen LogP contribution in [0.25, 0.3) is 0 Å². The van der Waals surface area contributed by atoms with Crippen LogP contribution in [0.3, 0.4) is 0 Å². The smallest absolute Gasteiger partial charge is 0.408 e. The third-order valence-corrected chi connectivity index (χ3v) is 8.78. The number of hydrogen-bond acceptors (Lipinski definition) is 6. The van der Waals surface area contributed by atoms with E-state index in [1.54, 1.807) is 12.1 Å². The third-order valence-electron chi connectivity index (χ3n) is 7.04. The van der Waals surface area contributed by atoms with Crippen molar-refractivity contribution < 1.29 is 24.2 Å². The van der Waals surface area contributed by atoms with Gasteiger partial charge in [-0.2, -0.15) is 0 Å². The normalized spacial score (nSPS) is 24.1. The van der Waals surface area contributed by atoms with Gasteiger partial charge in [0.1, 0.15) is 6.04 Å². The average Bonchev–Trinajstić information content (AvgIpc) is 3.54. The third kappa shape index (κ3) is 5.63. The van der Waals surface area contributed by atoms with Gasteiger partial charge < -0.3 is 25.4 Å². The quantitative estimate of drug-likeness (QED) is 0.432. The number of benzene rings is 2. The van der Waals surface area contributed by atoms with E-state index in [0.717, 1.165) is 11.1 Å². The van der Waals surface area contributed by atoms with E-state index < -0.39 is 34.4 Å². The second-order valence-electron chi connectivity index (χ2n) is 9.91. The van der Waals surface area contributed by atoms with E-state index in [9.17, 15) is 19.5 Å². The van der Waals surface area contributed by atoms with Crippen molar-refractivity contribution in [3.05, 3.63) is 70.7 Å². The summed E-state index contributed by atoms with van der Waals surface area (Å²) in [5.41, 5.74) is 0.322. The summed E-state index contributed by atoms with van der Waals surface area (Å²) in [6.45, 7) is 3.72. The van der Waals surface area contributed by atoms with E-state index in [1.165, 1.54) is 16.7 Å². The highest BCUT2D eigenvalue weighted by Gasteiger charge is 2.64. The van der Waals surface area contributed by atoms with E-state index in [-0.39, 0.29) is 30.9 Å². The SMILES string of the molecule is C#CCOC(=O)NC1([C@H](O)C(=O)N2CSC(C)(C)[C@H]2C(=O)NCc2ccccc2Cl)C[C@H]1c1ccccc1. The largest absolute Gasteiger partial charge is 0.436 e. The molecule has 2 aliphatic rings. The van der Waals surface area contributed by atoms with Crippen LogP contribution in [0.5, 0.6) is 0 Å². The standard InChI is InChI=1S/C28H30ClN3O5S/c1-4-14-37-26(36)31-28(15-20(28)18-10-6-5-7-11-18)23(33)25(35)32-17-38-27(2,3)22(32)24(34)30-16-19-12-8-9-13-21(19)29/h1,5-13,20,22-23,33H,14-17H2,2-3H3,(H,30,34)(H,31,36)/t20-,22+,23+,28?/m0/s1. The highest BCUT2D eigenvalue weighted by molar-refractivity contribution is 8.00. The van der Waals surface area contributed by atoms with Gasteiger partial charge in [-0.25, -0.2) is 4.79 Å². The molecule has 3 amide bonds. The number of aliphatic hydroxyl groups excluding tert-OH is 1. The van der Waals surface area contributed by atoms with Gasteiger partial charge in [-0.1, -0.05) is 66.1 Å². The second-order valence-corrected chi connectivity index (χ2v) is 11.9. The average molecular weight is 556 g/mol. The maximum Gasteiger partial charge on any atom is 0.408 e. The number of carbonyl (C=O) groups excluding carboxylic acids is 3. The van der Waals surface area contributed by atoms with Gasteiger partial charge in [0, 0.05) is 22.2 Å². The lowest BCUT2D eigenvalue weighted by Gasteiger charge is -2.33. The summed E-state index contributed by atoms with van der Waals surface area (Å²) in [6, 6.07) is 15.6. The zero-order valence-corrected chi connectivity index (χ0v) is 22.7. The molecule has 1 saturated heterocycles. The summed E-state index contributed by atoms with van der Waals surface area (Å²) in [4.78, 5) is 41.0. The minimum atomic E-state index is -1.61. The topological polar surface area (TPSA) is 108 Å². The van der Waals surface area contributed by atoms with Crippen molar-refractivity contribution >= 4 is 41.3 Å². The number of hydrogen-bond donors (Lipinski definition) is 3. The van der Waals surface area contributed by atoms with Crippen molar-refractivity contribution in [2.75, 3.05) is 12.5 Å². The molecule has 4 atom stereocenters. The zero-order valence-electron chi connectivity index (χ0n) is 21.1. The van der Waals surface area contributed by atoms with Crippen LogP contribution in [0.2, 0.25) is 5.02 Å². The number of nitrogens with zero attached hydrogens (tertiary/aromatic N) is 1. The Labute approximate surface area is 231 Å². The van der Waals surface area contributed by atoms with Gasteiger partial charge in [0.25, 0.3) is 5.91 Å². The Hall–Kier alpha value is -3.19. The Morgan fingerprint density at radius 1 is 1.21 bits per heavy atom. The molecular formula is C28H30ClN3O5S. The molecule has 0 bridgehead atoms. The Morgan fingerprint density at radius 3 is 2.58 bits per heavy atom. The van der Waals surface area contributed by atoms with Gasteiger partial charge >= 0.3 is 6.09 Å². The molecule has 1 aliphatic heterocycles. The molecule has 1 heterocycles. The van der Waals surface area contributed by atoms with Gasteiger partial charge in [-0.05, 0) is 37.5 Å². The van der Waals surface area contributed by atoms with Crippen LogP contribution in [0.4, 0.5) is 4.79 Å². The minimum Gasteiger partial charge on any atom is -0.436 e. The van der Waals surface area contributed by atoms with Crippen LogP contribution in [-0.4, -0.2) is 62.8 Å². The van der Waals surface area contributed by atoms with E-state index in [2.05, 4.69) is 16.6 Å². The van der Waals surface area contributed by atoms with Gasteiger partial charge in [0.05, 0.1) is 11.4 Å². The number of thioether (sulfide) groups is 1. The molecular weight excluding hydrogens is 526 g/mol. The molecule has 2 aromatic rings. The Kier molecular flexibility index (Phi) is 8.26. The molecule has 1 aliphatic carbocycles. The van der Waals surface area contributed by atoms with Gasteiger partial charge in [0.2, 0.25) is 5.91 Å². The number of carbonyl (C=O) groups is 3. The first-order valence-electron chi connectivity index (χ1n) is 12.2. The monoisotopic (exact) mass is 555 g/mol. The lowest BCUT2D eigenvalue weighted by Crippen LogP contribution is -2.59.